The highest BCUT2D eigenvalue weighted by molar-refractivity contribution is 9.11. The lowest BCUT2D eigenvalue weighted by Gasteiger charge is -2.45. The number of halogens is 1. The maximum atomic E-state index is 9.86. The minimum Gasteiger partial charge on any atom is -0.334 e. The number of nitrogens with one attached hydrogen (secondary N) is 2. The largest absolute Gasteiger partial charge is 0.334 e. The van der Waals surface area contributed by atoms with Crippen LogP contribution in [-0.2, 0) is 0 Å². The van der Waals surface area contributed by atoms with Gasteiger partial charge in [0.1, 0.15) is 5.92 Å². The SMILES string of the molecule is C[NH+]1CC=C2C(C#N)C(=N)C(C#N)(C#N)[C@@H](c3ccc(Br)s3)[C@H]2C1. The van der Waals surface area contributed by atoms with E-state index in [0.717, 1.165) is 27.3 Å². The first-order valence-electron chi connectivity index (χ1n) is 7.56. The van der Waals surface area contributed by atoms with Gasteiger partial charge in [-0.2, -0.15) is 15.8 Å². The summed E-state index contributed by atoms with van der Waals surface area (Å²) in [7, 11) is 2.07. The highest BCUT2D eigenvalue weighted by atomic mass is 79.9. The van der Waals surface area contributed by atoms with E-state index in [9.17, 15) is 15.8 Å². The third-order valence-electron chi connectivity index (χ3n) is 4.98. The molecule has 2 N–H and O–H groups in total. The van der Waals surface area contributed by atoms with E-state index in [1.165, 1.54) is 16.2 Å². The third kappa shape index (κ3) is 2.31. The topological polar surface area (TPSA) is 99.7 Å². The first-order chi connectivity index (χ1) is 11.5. The molecular formula is C17H15BrN5S+. The summed E-state index contributed by atoms with van der Waals surface area (Å²) in [4.78, 5) is 2.19. The van der Waals surface area contributed by atoms with E-state index in [-0.39, 0.29) is 11.6 Å². The van der Waals surface area contributed by atoms with Crippen molar-refractivity contribution in [2.75, 3.05) is 20.1 Å². The maximum absolute atomic E-state index is 9.86. The first-order valence-corrected chi connectivity index (χ1v) is 9.17. The lowest BCUT2D eigenvalue weighted by atomic mass is 9.55. The standard InChI is InChI=1S/C17H14BrN5S/c1-23-5-4-10-11(6-19)16(22)17(8-20,9-21)15(12(10)7-23)13-2-3-14(18)24-13/h2-4,11-12,15,22H,5,7H2,1H3/p+1/t11?,12-,15+/m0/s1. The number of nitriles is 3. The molecule has 0 saturated heterocycles. The molecule has 1 fully saturated rings. The normalized spacial score (nSPS) is 31.1. The van der Waals surface area contributed by atoms with Crippen LogP contribution in [0.15, 0.2) is 27.6 Å². The van der Waals surface area contributed by atoms with Crippen LogP contribution in [0.3, 0.4) is 0 Å². The number of likely N-dealkylation sites (N-methyl/N-ethyl adjacent to an activating group) is 1. The number of quaternary nitrogens is 1. The number of fused-ring (bicyclic) bond motifs is 1. The van der Waals surface area contributed by atoms with E-state index < -0.39 is 17.3 Å². The molecule has 1 saturated carbocycles. The van der Waals surface area contributed by atoms with Crippen molar-refractivity contribution in [2.24, 2.45) is 17.3 Å². The fraction of sp³-hybridized carbons (Fsp3) is 0.412. The Morgan fingerprint density at radius 2 is 2.04 bits per heavy atom. The van der Waals surface area contributed by atoms with Gasteiger partial charge in [0.05, 0.1) is 47.8 Å². The van der Waals surface area contributed by atoms with Crippen molar-refractivity contribution in [3.63, 3.8) is 0 Å². The number of rotatable bonds is 1. The van der Waals surface area contributed by atoms with E-state index in [0.29, 0.717) is 0 Å². The van der Waals surface area contributed by atoms with Gasteiger partial charge in [-0.05, 0) is 39.7 Å². The summed E-state index contributed by atoms with van der Waals surface area (Å²) in [6.45, 7) is 1.55. The second kappa shape index (κ2) is 6.15. The summed E-state index contributed by atoms with van der Waals surface area (Å²) >= 11 is 4.94. The summed E-state index contributed by atoms with van der Waals surface area (Å²) in [6, 6.07) is 10.2. The maximum Gasteiger partial charge on any atom is 0.190 e. The number of nitrogens with zero attached hydrogens (tertiary/aromatic N) is 3. The molecule has 0 bridgehead atoms. The predicted molar refractivity (Wildman–Crippen MR) is 93.4 cm³/mol. The minimum absolute atomic E-state index is 0.0772. The summed E-state index contributed by atoms with van der Waals surface area (Å²) in [5, 5.41) is 37.8. The van der Waals surface area contributed by atoms with Gasteiger partial charge in [-0.25, -0.2) is 0 Å². The minimum atomic E-state index is -1.59. The Bertz CT molecular complexity index is 836. The monoisotopic (exact) mass is 400 g/mol. The van der Waals surface area contributed by atoms with Gasteiger partial charge in [0, 0.05) is 16.7 Å². The molecule has 1 aromatic rings. The quantitative estimate of drug-likeness (QED) is 0.703. The molecule has 0 aromatic carbocycles. The van der Waals surface area contributed by atoms with Crippen LogP contribution in [0, 0.1) is 56.7 Å². The molecule has 0 spiro atoms. The lowest BCUT2D eigenvalue weighted by molar-refractivity contribution is -0.878. The average molecular weight is 401 g/mol. The Balaban J connectivity index is 2.26. The molecule has 2 aliphatic rings. The van der Waals surface area contributed by atoms with Crippen LogP contribution >= 0.6 is 27.3 Å². The molecule has 0 radical (unpaired) electrons. The van der Waals surface area contributed by atoms with Crippen LogP contribution < -0.4 is 4.90 Å². The Morgan fingerprint density at radius 1 is 1.33 bits per heavy atom. The van der Waals surface area contributed by atoms with Crippen LogP contribution in [-0.4, -0.2) is 25.8 Å². The van der Waals surface area contributed by atoms with Crippen LogP contribution in [0.1, 0.15) is 10.8 Å². The Morgan fingerprint density at radius 3 is 2.58 bits per heavy atom. The summed E-state index contributed by atoms with van der Waals surface area (Å²) in [5.74, 6) is -1.27. The lowest BCUT2D eigenvalue weighted by Crippen LogP contribution is -3.10. The van der Waals surface area contributed by atoms with Crippen molar-refractivity contribution in [1.82, 2.24) is 0 Å². The predicted octanol–water partition coefficient (Wildman–Crippen LogP) is 1.87. The Labute approximate surface area is 153 Å². The molecule has 2 unspecified atom stereocenters. The molecule has 120 valence electrons. The molecule has 3 rings (SSSR count). The second-order valence-electron chi connectivity index (χ2n) is 6.30. The molecule has 0 amide bonds. The molecule has 1 aliphatic carbocycles. The smallest absolute Gasteiger partial charge is 0.190 e. The van der Waals surface area contributed by atoms with E-state index in [2.05, 4.69) is 41.2 Å². The fourth-order valence-electron chi connectivity index (χ4n) is 3.86. The Hall–Kier alpha value is -1.98. The summed E-state index contributed by atoms with van der Waals surface area (Å²) in [6.07, 6.45) is 2.03. The molecule has 5 nitrogen and oxygen atoms in total. The van der Waals surface area contributed by atoms with Gasteiger partial charge in [-0.3, -0.25) is 0 Å². The summed E-state index contributed by atoms with van der Waals surface area (Å²) in [5.41, 5.74) is -0.764. The highest BCUT2D eigenvalue weighted by Gasteiger charge is 2.58. The number of hydrogen-bond donors (Lipinski definition) is 2. The molecular weight excluding hydrogens is 386 g/mol. The third-order valence-corrected chi connectivity index (χ3v) is 6.69. The van der Waals surface area contributed by atoms with Crippen molar-refractivity contribution in [1.29, 1.82) is 21.2 Å². The van der Waals surface area contributed by atoms with E-state index >= 15 is 0 Å². The van der Waals surface area contributed by atoms with Crippen molar-refractivity contribution >= 4 is 33.0 Å². The molecule has 7 heteroatoms. The van der Waals surface area contributed by atoms with Gasteiger partial charge in [-0.15, -0.1) is 11.3 Å². The average Bonchev–Trinajstić information content (AvgIpc) is 3.00. The van der Waals surface area contributed by atoms with Crippen molar-refractivity contribution in [3.05, 3.63) is 32.4 Å². The Kier molecular flexibility index (Phi) is 4.32. The van der Waals surface area contributed by atoms with Crippen LogP contribution in [0.5, 0.6) is 0 Å². The van der Waals surface area contributed by atoms with E-state index in [4.69, 9.17) is 5.41 Å². The van der Waals surface area contributed by atoms with Gasteiger partial charge in [0.15, 0.2) is 5.41 Å². The van der Waals surface area contributed by atoms with Crippen LogP contribution in [0.2, 0.25) is 0 Å². The molecule has 2 heterocycles. The van der Waals surface area contributed by atoms with Gasteiger partial charge < -0.3 is 10.3 Å². The highest BCUT2D eigenvalue weighted by Crippen LogP contribution is 2.53. The van der Waals surface area contributed by atoms with Gasteiger partial charge in [0.2, 0.25) is 0 Å². The van der Waals surface area contributed by atoms with Crippen LogP contribution in [0.25, 0.3) is 0 Å². The van der Waals surface area contributed by atoms with Gasteiger partial charge in [0.25, 0.3) is 0 Å². The number of hydrogen-bond acceptors (Lipinski definition) is 5. The van der Waals surface area contributed by atoms with Crippen molar-refractivity contribution in [2.45, 2.75) is 5.92 Å². The first kappa shape index (κ1) is 16.9. The fourth-order valence-corrected chi connectivity index (χ4v) is 5.51. The zero-order valence-electron chi connectivity index (χ0n) is 13.0. The van der Waals surface area contributed by atoms with Crippen molar-refractivity contribution < 1.29 is 4.90 Å². The van der Waals surface area contributed by atoms with E-state index in [1.807, 2.05) is 18.2 Å². The number of thiophene rings is 1. The zero-order chi connectivity index (χ0) is 17.5. The van der Waals surface area contributed by atoms with Gasteiger partial charge >= 0.3 is 0 Å². The second-order valence-corrected chi connectivity index (χ2v) is 8.80. The zero-order valence-corrected chi connectivity index (χ0v) is 15.4. The van der Waals surface area contributed by atoms with E-state index in [1.54, 1.807) is 0 Å². The molecule has 1 aromatic heterocycles. The molecule has 4 atom stereocenters. The van der Waals surface area contributed by atoms with Crippen molar-refractivity contribution in [3.8, 4) is 18.2 Å². The summed E-state index contributed by atoms with van der Waals surface area (Å²) < 4.78 is 0.929. The van der Waals surface area contributed by atoms with Gasteiger partial charge in [-0.1, -0.05) is 0 Å². The van der Waals surface area contributed by atoms with Crippen LogP contribution in [0.4, 0.5) is 0 Å². The molecule has 1 aliphatic heterocycles. The molecule has 24 heavy (non-hydrogen) atoms.